The molecule has 0 aliphatic heterocycles. The van der Waals surface area contributed by atoms with E-state index in [1.165, 1.54) is 12.3 Å². The Bertz CT molecular complexity index is 1580. The van der Waals surface area contributed by atoms with Gasteiger partial charge in [0.25, 0.3) is 11.8 Å². The van der Waals surface area contributed by atoms with Gasteiger partial charge in [-0.05, 0) is 84.8 Å². The van der Waals surface area contributed by atoms with Gasteiger partial charge in [0.05, 0.1) is 12.8 Å². The van der Waals surface area contributed by atoms with Crippen LogP contribution in [0.1, 0.15) is 38.8 Å². The molecule has 0 aromatic heterocycles. The van der Waals surface area contributed by atoms with Crippen molar-refractivity contribution in [3.8, 4) is 11.5 Å². The third-order valence-corrected chi connectivity index (χ3v) is 6.09. The van der Waals surface area contributed by atoms with Crippen LogP contribution in [-0.2, 0) is 4.79 Å². The molecule has 206 valence electrons. The lowest BCUT2D eigenvalue weighted by Crippen LogP contribution is -2.18. The van der Waals surface area contributed by atoms with E-state index in [1.807, 2.05) is 37.3 Å². The van der Waals surface area contributed by atoms with Crippen LogP contribution in [0.5, 0.6) is 11.5 Å². The second kappa shape index (κ2) is 14.4. The zero-order valence-corrected chi connectivity index (χ0v) is 23.6. The fraction of sp³-hybridized carbons (Fsp3) is 0.0625. The van der Waals surface area contributed by atoms with Crippen molar-refractivity contribution >= 4 is 51.7 Å². The van der Waals surface area contributed by atoms with Crippen LogP contribution >= 0.6 is 15.9 Å². The zero-order valence-electron chi connectivity index (χ0n) is 22.0. The lowest BCUT2D eigenvalue weighted by molar-refractivity contribution is -0.129. The summed E-state index contributed by atoms with van der Waals surface area (Å²) in [7, 11) is 0. The predicted octanol–water partition coefficient (Wildman–Crippen LogP) is 6.48. The summed E-state index contributed by atoms with van der Waals surface area (Å²) in [5.74, 6) is -0.670. The Morgan fingerprint density at radius 1 is 0.805 bits per heavy atom. The van der Waals surface area contributed by atoms with Crippen LogP contribution in [0.2, 0.25) is 0 Å². The summed E-state index contributed by atoms with van der Waals surface area (Å²) in [6, 6.07) is 27.8. The fourth-order valence-corrected chi connectivity index (χ4v) is 3.87. The molecule has 0 heterocycles. The van der Waals surface area contributed by atoms with E-state index in [2.05, 4.69) is 31.8 Å². The van der Waals surface area contributed by atoms with E-state index in [0.717, 1.165) is 10.0 Å². The number of benzene rings is 4. The summed E-state index contributed by atoms with van der Waals surface area (Å²) in [6.07, 6.45) is 4.45. The van der Waals surface area contributed by atoms with Crippen molar-refractivity contribution < 1.29 is 23.9 Å². The molecule has 0 saturated carbocycles. The Labute approximate surface area is 245 Å². The first-order chi connectivity index (χ1) is 19.9. The first-order valence-corrected chi connectivity index (χ1v) is 13.4. The summed E-state index contributed by atoms with van der Waals surface area (Å²) >= 11 is 3.34. The number of amides is 2. The Morgan fingerprint density at radius 2 is 1.59 bits per heavy atom. The number of halogens is 1. The maximum absolute atomic E-state index is 12.7. The third-order valence-electron chi connectivity index (χ3n) is 5.56. The maximum Gasteiger partial charge on any atom is 0.336 e. The van der Waals surface area contributed by atoms with Gasteiger partial charge in [-0.3, -0.25) is 9.59 Å². The van der Waals surface area contributed by atoms with Crippen molar-refractivity contribution in [2.45, 2.75) is 6.92 Å². The number of esters is 1. The number of hydrazone groups is 1. The van der Waals surface area contributed by atoms with Crippen molar-refractivity contribution in [2.75, 3.05) is 11.9 Å². The molecule has 0 bridgehead atoms. The van der Waals surface area contributed by atoms with Gasteiger partial charge in [0.15, 0.2) is 11.5 Å². The molecule has 0 fully saturated rings. The van der Waals surface area contributed by atoms with E-state index < -0.39 is 11.9 Å². The highest BCUT2D eigenvalue weighted by molar-refractivity contribution is 9.10. The summed E-state index contributed by atoms with van der Waals surface area (Å²) in [5, 5.41) is 6.81. The molecule has 8 nitrogen and oxygen atoms in total. The van der Waals surface area contributed by atoms with Crippen molar-refractivity contribution in [1.29, 1.82) is 0 Å². The van der Waals surface area contributed by atoms with Crippen molar-refractivity contribution in [1.82, 2.24) is 5.43 Å². The molecule has 4 aromatic rings. The Hall–Kier alpha value is -5.02. The van der Waals surface area contributed by atoms with Gasteiger partial charge in [0.2, 0.25) is 0 Å². The number of carbonyl (C=O) groups is 3. The maximum atomic E-state index is 12.7. The van der Waals surface area contributed by atoms with Crippen molar-refractivity contribution in [2.24, 2.45) is 5.10 Å². The number of nitrogens with one attached hydrogen (secondary N) is 2. The lowest BCUT2D eigenvalue weighted by atomic mass is 10.1. The lowest BCUT2D eigenvalue weighted by Gasteiger charge is -2.10. The number of anilines is 1. The quantitative estimate of drug-likeness (QED) is 0.0701. The van der Waals surface area contributed by atoms with Gasteiger partial charge >= 0.3 is 5.97 Å². The highest BCUT2D eigenvalue weighted by Gasteiger charge is 2.11. The average molecular weight is 612 g/mol. The van der Waals surface area contributed by atoms with Crippen molar-refractivity contribution in [3.63, 3.8) is 0 Å². The van der Waals surface area contributed by atoms with Crippen LogP contribution in [0, 0.1) is 0 Å². The summed E-state index contributed by atoms with van der Waals surface area (Å²) < 4.78 is 12.0. The molecule has 0 saturated heterocycles. The summed E-state index contributed by atoms with van der Waals surface area (Å²) in [5.41, 5.74) is 5.24. The first kappa shape index (κ1) is 29.0. The molecule has 0 aliphatic carbocycles. The highest BCUT2D eigenvalue weighted by Crippen LogP contribution is 2.28. The first-order valence-electron chi connectivity index (χ1n) is 12.6. The standard InChI is InChI=1S/C32H26BrN3O5/c1-2-40-29-19-23(11-17-28(29)41-30(37)18-12-22-7-4-3-5-8-22)21-34-36-32(39)25-9-6-10-27(20-25)35-31(38)24-13-15-26(33)16-14-24/h3-21H,2H2,1H3,(H,35,38)(H,36,39)/b18-12+,34-21?. The summed E-state index contributed by atoms with van der Waals surface area (Å²) in [4.78, 5) is 37.5. The Kier molecular flexibility index (Phi) is 10.2. The van der Waals surface area contributed by atoms with E-state index >= 15 is 0 Å². The largest absolute Gasteiger partial charge is 0.490 e. The van der Waals surface area contributed by atoms with Gasteiger partial charge in [-0.25, -0.2) is 10.2 Å². The highest BCUT2D eigenvalue weighted by atomic mass is 79.9. The molecule has 0 aliphatic rings. The number of carbonyl (C=O) groups excluding carboxylic acids is 3. The van der Waals surface area contributed by atoms with Gasteiger partial charge in [-0.15, -0.1) is 0 Å². The molecule has 2 N–H and O–H groups in total. The minimum absolute atomic E-state index is 0.262. The monoisotopic (exact) mass is 611 g/mol. The SMILES string of the molecule is CCOc1cc(C=NNC(=O)c2cccc(NC(=O)c3ccc(Br)cc3)c2)ccc1OC(=O)/C=C/c1ccccc1. The Morgan fingerprint density at radius 3 is 2.34 bits per heavy atom. The third kappa shape index (κ3) is 8.74. The smallest absolute Gasteiger partial charge is 0.336 e. The van der Waals surface area contributed by atoms with E-state index in [9.17, 15) is 14.4 Å². The van der Waals surface area contributed by atoms with E-state index in [0.29, 0.717) is 34.7 Å². The van der Waals surface area contributed by atoms with Crippen LogP contribution in [0.25, 0.3) is 6.08 Å². The van der Waals surface area contributed by atoms with E-state index in [1.54, 1.807) is 72.8 Å². The zero-order chi connectivity index (χ0) is 29.0. The van der Waals surface area contributed by atoms with Crippen LogP contribution in [-0.4, -0.2) is 30.6 Å². The topological polar surface area (TPSA) is 106 Å². The van der Waals surface area contributed by atoms with E-state index in [-0.39, 0.29) is 11.7 Å². The van der Waals surface area contributed by atoms with Gasteiger partial charge in [0.1, 0.15) is 0 Å². The molecule has 4 aromatic carbocycles. The van der Waals surface area contributed by atoms with Gasteiger partial charge in [0, 0.05) is 27.4 Å². The molecule has 0 radical (unpaired) electrons. The predicted molar refractivity (Wildman–Crippen MR) is 162 cm³/mol. The fourth-order valence-electron chi connectivity index (χ4n) is 3.60. The summed E-state index contributed by atoms with van der Waals surface area (Å²) in [6.45, 7) is 2.17. The second-order valence-electron chi connectivity index (χ2n) is 8.55. The average Bonchev–Trinajstić information content (AvgIpc) is 2.98. The molecule has 4 rings (SSSR count). The van der Waals surface area contributed by atoms with E-state index in [4.69, 9.17) is 9.47 Å². The molecule has 0 spiro atoms. The molecule has 9 heteroatoms. The van der Waals surface area contributed by atoms with Crippen LogP contribution in [0.15, 0.2) is 113 Å². The number of rotatable bonds is 10. The Balaban J connectivity index is 1.36. The van der Waals surface area contributed by atoms with Crippen LogP contribution in [0.3, 0.4) is 0 Å². The number of hydrogen-bond donors (Lipinski definition) is 2. The van der Waals surface area contributed by atoms with Crippen molar-refractivity contribution in [3.05, 3.63) is 130 Å². The molecular weight excluding hydrogens is 586 g/mol. The minimum Gasteiger partial charge on any atom is -0.490 e. The van der Waals surface area contributed by atoms with Gasteiger partial charge in [-0.1, -0.05) is 52.3 Å². The van der Waals surface area contributed by atoms with Crippen LogP contribution < -0.4 is 20.2 Å². The molecule has 0 unspecified atom stereocenters. The number of ether oxygens (including phenoxy) is 2. The van der Waals surface area contributed by atoms with Crippen LogP contribution in [0.4, 0.5) is 5.69 Å². The molecule has 41 heavy (non-hydrogen) atoms. The van der Waals surface area contributed by atoms with Gasteiger partial charge in [-0.2, -0.15) is 5.10 Å². The normalized spacial score (nSPS) is 10.9. The molecular formula is C32H26BrN3O5. The number of hydrogen-bond acceptors (Lipinski definition) is 6. The molecule has 2 amide bonds. The number of nitrogens with zero attached hydrogens (tertiary/aromatic N) is 1. The second-order valence-corrected chi connectivity index (χ2v) is 9.46. The molecule has 0 atom stereocenters. The minimum atomic E-state index is -0.543. The van der Waals surface area contributed by atoms with Gasteiger partial charge < -0.3 is 14.8 Å².